The van der Waals surface area contributed by atoms with E-state index in [9.17, 15) is 4.79 Å². The van der Waals surface area contributed by atoms with Crippen LogP contribution in [0.15, 0.2) is 42.5 Å². The van der Waals surface area contributed by atoms with Crippen LogP contribution in [0.5, 0.6) is 0 Å². The molecule has 5 heteroatoms. The molecule has 1 aliphatic rings. The standard InChI is InChI=1S/C16H14Cl2N2O/c17-12-5-11(6-13(18)8-12)16(21)20-9-14(19)7-10-3-1-2-4-15(10)20/h1-6,8,14H,7,9,19H2. The number of halogens is 2. The van der Waals surface area contributed by atoms with E-state index in [-0.39, 0.29) is 11.9 Å². The Balaban J connectivity index is 2.02. The fourth-order valence-electron chi connectivity index (χ4n) is 2.65. The van der Waals surface area contributed by atoms with Gasteiger partial charge in [0, 0.05) is 33.9 Å². The van der Waals surface area contributed by atoms with Gasteiger partial charge in [-0.15, -0.1) is 0 Å². The van der Waals surface area contributed by atoms with Gasteiger partial charge >= 0.3 is 0 Å². The third kappa shape index (κ3) is 2.91. The molecule has 0 aliphatic carbocycles. The smallest absolute Gasteiger partial charge is 0.258 e. The van der Waals surface area contributed by atoms with Crippen molar-refractivity contribution in [3.05, 3.63) is 63.6 Å². The maximum Gasteiger partial charge on any atom is 0.258 e. The molecule has 1 atom stereocenters. The van der Waals surface area contributed by atoms with E-state index in [1.165, 1.54) is 0 Å². The van der Waals surface area contributed by atoms with E-state index in [0.29, 0.717) is 22.2 Å². The van der Waals surface area contributed by atoms with Gasteiger partial charge < -0.3 is 10.6 Å². The zero-order chi connectivity index (χ0) is 15.0. The molecule has 0 aromatic heterocycles. The first-order chi connectivity index (χ1) is 10.0. The lowest BCUT2D eigenvalue weighted by Crippen LogP contribution is -2.46. The fourth-order valence-corrected chi connectivity index (χ4v) is 3.18. The highest BCUT2D eigenvalue weighted by Gasteiger charge is 2.27. The fraction of sp³-hybridized carbons (Fsp3) is 0.188. The van der Waals surface area contributed by atoms with E-state index in [4.69, 9.17) is 28.9 Å². The monoisotopic (exact) mass is 320 g/mol. The molecule has 1 amide bonds. The third-order valence-corrected chi connectivity index (χ3v) is 3.97. The number of hydrogen-bond donors (Lipinski definition) is 1. The summed E-state index contributed by atoms with van der Waals surface area (Å²) in [6, 6.07) is 12.6. The van der Waals surface area contributed by atoms with Crippen molar-refractivity contribution in [2.45, 2.75) is 12.5 Å². The molecule has 2 aromatic carbocycles. The normalized spacial score (nSPS) is 17.5. The molecular formula is C16H14Cl2N2O. The lowest BCUT2D eigenvalue weighted by Gasteiger charge is -2.33. The van der Waals surface area contributed by atoms with Gasteiger partial charge in [-0.3, -0.25) is 4.79 Å². The second kappa shape index (κ2) is 5.68. The average Bonchev–Trinajstić information content (AvgIpc) is 2.44. The minimum absolute atomic E-state index is 0.0708. The van der Waals surface area contributed by atoms with Crippen LogP contribution >= 0.6 is 23.2 Å². The van der Waals surface area contributed by atoms with Crippen LogP contribution in [0.3, 0.4) is 0 Å². The minimum atomic E-state index is -0.137. The second-order valence-electron chi connectivity index (χ2n) is 5.17. The SMILES string of the molecule is NC1Cc2ccccc2N(C(=O)c2cc(Cl)cc(Cl)c2)C1. The number of nitrogens with zero attached hydrogens (tertiary/aromatic N) is 1. The molecule has 0 saturated carbocycles. The molecule has 0 bridgehead atoms. The maximum atomic E-state index is 12.8. The Morgan fingerprint density at radius 3 is 2.52 bits per heavy atom. The third-order valence-electron chi connectivity index (χ3n) is 3.54. The molecule has 3 rings (SSSR count). The van der Waals surface area contributed by atoms with E-state index in [2.05, 4.69) is 0 Å². The van der Waals surface area contributed by atoms with Gasteiger partial charge in [0.15, 0.2) is 0 Å². The van der Waals surface area contributed by atoms with Gasteiger partial charge in [0.1, 0.15) is 0 Å². The van der Waals surface area contributed by atoms with Crippen molar-refractivity contribution in [3.8, 4) is 0 Å². The zero-order valence-electron chi connectivity index (χ0n) is 11.2. The average molecular weight is 321 g/mol. The molecule has 0 spiro atoms. The van der Waals surface area contributed by atoms with Gasteiger partial charge in [-0.05, 0) is 36.2 Å². The molecule has 2 aromatic rings. The predicted octanol–water partition coefficient (Wildman–Crippen LogP) is 3.52. The lowest BCUT2D eigenvalue weighted by atomic mass is 9.97. The van der Waals surface area contributed by atoms with Crippen molar-refractivity contribution in [3.63, 3.8) is 0 Å². The summed E-state index contributed by atoms with van der Waals surface area (Å²) in [6.45, 7) is 0.486. The zero-order valence-corrected chi connectivity index (χ0v) is 12.7. The van der Waals surface area contributed by atoms with Crippen molar-refractivity contribution in [2.75, 3.05) is 11.4 Å². The summed E-state index contributed by atoms with van der Waals surface area (Å²) in [6.07, 6.45) is 0.774. The minimum Gasteiger partial charge on any atom is -0.326 e. The number of carbonyl (C=O) groups is 1. The molecule has 1 aliphatic heterocycles. The number of nitrogens with two attached hydrogens (primary N) is 1. The van der Waals surface area contributed by atoms with Gasteiger partial charge in [-0.25, -0.2) is 0 Å². The summed E-state index contributed by atoms with van der Waals surface area (Å²) >= 11 is 12.0. The van der Waals surface area contributed by atoms with Gasteiger partial charge in [-0.1, -0.05) is 41.4 Å². The first-order valence-corrected chi connectivity index (χ1v) is 7.41. The molecule has 0 fully saturated rings. The Labute approximate surface area is 133 Å². The van der Waals surface area contributed by atoms with Crippen LogP contribution < -0.4 is 10.6 Å². The molecule has 21 heavy (non-hydrogen) atoms. The highest BCUT2D eigenvalue weighted by atomic mass is 35.5. The Morgan fingerprint density at radius 1 is 1.14 bits per heavy atom. The van der Waals surface area contributed by atoms with E-state index < -0.39 is 0 Å². The summed E-state index contributed by atoms with van der Waals surface area (Å²) in [4.78, 5) is 14.5. The van der Waals surface area contributed by atoms with E-state index in [0.717, 1.165) is 17.7 Å². The summed E-state index contributed by atoms with van der Waals surface area (Å²) < 4.78 is 0. The number of benzene rings is 2. The largest absolute Gasteiger partial charge is 0.326 e. The quantitative estimate of drug-likeness (QED) is 0.873. The Hall–Kier alpha value is -1.55. The van der Waals surface area contributed by atoms with Gasteiger partial charge in [-0.2, -0.15) is 0 Å². The molecule has 3 nitrogen and oxygen atoms in total. The van der Waals surface area contributed by atoms with Crippen molar-refractivity contribution >= 4 is 34.8 Å². The van der Waals surface area contributed by atoms with Gasteiger partial charge in [0.05, 0.1) is 0 Å². The first kappa shape index (κ1) is 14.4. The molecule has 0 radical (unpaired) electrons. The number of anilines is 1. The number of rotatable bonds is 1. The van der Waals surface area contributed by atoms with Crippen LogP contribution in [0.1, 0.15) is 15.9 Å². The summed E-state index contributed by atoms with van der Waals surface area (Å²) in [7, 11) is 0. The maximum absolute atomic E-state index is 12.8. The van der Waals surface area contributed by atoms with Crippen molar-refractivity contribution in [1.29, 1.82) is 0 Å². The van der Waals surface area contributed by atoms with Crippen LogP contribution in [0, 0.1) is 0 Å². The summed E-state index contributed by atoms with van der Waals surface area (Å²) in [5.74, 6) is -0.137. The second-order valence-corrected chi connectivity index (χ2v) is 6.04. The molecule has 1 heterocycles. The van der Waals surface area contributed by atoms with Crippen LogP contribution in [0.25, 0.3) is 0 Å². The van der Waals surface area contributed by atoms with Crippen molar-refractivity contribution in [2.24, 2.45) is 5.73 Å². The summed E-state index contributed by atoms with van der Waals surface area (Å²) in [5.41, 5.74) is 8.52. The van der Waals surface area contributed by atoms with E-state index >= 15 is 0 Å². The Bertz CT molecular complexity index is 682. The number of carbonyl (C=O) groups excluding carboxylic acids is 1. The Kier molecular flexibility index (Phi) is 3.89. The molecular weight excluding hydrogens is 307 g/mol. The van der Waals surface area contributed by atoms with Crippen LogP contribution in [0.2, 0.25) is 10.0 Å². The molecule has 108 valence electrons. The lowest BCUT2D eigenvalue weighted by molar-refractivity contribution is 0.0983. The van der Waals surface area contributed by atoms with Crippen LogP contribution in [-0.2, 0) is 6.42 Å². The highest BCUT2D eigenvalue weighted by Crippen LogP contribution is 2.29. The number of para-hydroxylation sites is 1. The Morgan fingerprint density at radius 2 is 1.81 bits per heavy atom. The number of amides is 1. The molecule has 1 unspecified atom stereocenters. The first-order valence-electron chi connectivity index (χ1n) is 6.66. The number of hydrogen-bond acceptors (Lipinski definition) is 2. The predicted molar refractivity (Wildman–Crippen MR) is 86.3 cm³/mol. The molecule has 0 saturated heterocycles. The van der Waals surface area contributed by atoms with Crippen molar-refractivity contribution < 1.29 is 4.79 Å². The van der Waals surface area contributed by atoms with Crippen LogP contribution in [-0.4, -0.2) is 18.5 Å². The topological polar surface area (TPSA) is 46.3 Å². The highest BCUT2D eigenvalue weighted by molar-refractivity contribution is 6.35. The number of fused-ring (bicyclic) bond motifs is 1. The van der Waals surface area contributed by atoms with E-state index in [1.807, 2.05) is 24.3 Å². The summed E-state index contributed by atoms with van der Waals surface area (Å²) in [5, 5.41) is 0.890. The molecule has 2 N–H and O–H groups in total. The van der Waals surface area contributed by atoms with Gasteiger partial charge in [0.25, 0.3) is 5.91 Å². The van der Waals surface area contributed by atoms with Crippen LogP contribution in [0.4, 0.5) is 5.69 Å². The van der Waals surface area contributed by atoms with E-state index in [1.54, 1.807) is 23.1 Å². The van der Waals surface area contributed by atoms with Crippen molar-refractivity contribution in [1.82, 2.24) is 0 Å². The van der Waals surface area contributed by atoms with Gasteiger partial charge in [0.2, 0.25) is 0 Å².